The monoisotopic (exact) mass is 491 g/mol. The van der Waals surface area contributed by atoms with Crippen molar-refractivity contribution in [1.29, 1.82) is 0 Å². The predicted octanol–water partition coefficient (Wildman–Crippen LogP) is 4.00. The highest BCUT2D eigenvalue weighted by molar-refractivity contribution is 6.35. The topological polar surface area (TPSA) is 71.1 Å². The Bertz CT molecular complexity index is 1040. The minimum atomic E-state index is -0.367. The van der Waals surface area contributed by atoms with Gasteiger partial charge >= 0.3 is 0 Å². The Balaban J connectivity index is 1.40. The second-order valence-corrected chi connectivity index (χ2v) is 9.19. The van der Waals surface area contributed by atoms with Gasteiger partial charge in [0.05, 0.1) is 26.8 Å². The van der Waals surface area contributed by atoms with E-state index in [1.54, 1.807) is 32.4 Å². The maximum atomic E-state index is 13.1. The van der Waals surface area contributed by atoms with Gasteiger partial charge in [0.1, 0.15) is 0 Å². The van der Waals surface area contributed by atoms with Gasteiger partial charge in [0.2, 0.25) is 11.8 Å². The van der Waals surface area contributed by atoms with Crippen molar-refractivity contribution < 1.29 is 19.1 Å². The number of rotatable bonds is 6. The average Bonchev–Trinajstić information content (AvgIpc) is 3.25. The summed E-state index contributed by atoms with van der Waals surface area (Å²) in [5.74, 6) is 1.21. The lowest BCUT2D eigenvalue weighted by molar-refractivity contribution is -0.134. The van der Waals surface area contributed by atoms with E-state index in [1.807, 2.05) is 21.9 Å². The molecule has 2 amide bonds. The molecule has 1 fully saturated rings. The van der Waals surface area contributed by atoms with Crippen molar-refractivity contribution >= 4 is 40.7 Å². The van der Waals surface area contributed by atoms with Gasteiger partial charge in [0.25, 0.3) is 0 Å². The third-order valence-corrected chi connectivity index (χ3v) is 6.64. The van der Waals surface area contributed by atoms with Crippen molar-refractivity contribution in [3.8, 4) is 11.5 Å². The second-order valence-electron chi connectivity index (χ2n) is 8.32. The van der Waals surface area contributed by atoms with Crippen LogP contribution in [-0.4, -0.2) is 61.5 Å². The number of amides is 2. The Hall–Kier alpha value is -2.48. The highest BCUT2D eigenvalue weighted by Crippen LogP contribution is 2.33. The summed E-state index contributed by atoms with van der Waals surface area (Å²) in [7, 11) is 3.22. The zero-order valence-electron chi connectivity index (χ0n) is 18.7. The molecule has 0 spiro atoms. The summed E-state index contributed by atoms with van der Waals surface area (Å²) in [5, 5.41) is 3.79. The Labute approximate surface area is 203 Å². The molecular formula is C24H27Cl2N3O4. The van der Waals surface area contributed by atoms with Crippen LogP contribution in [0.4, 0.5) is 5.69 Å². The SMILES string of the molecule is COc1cc2c(cc1OC)CN(C(=O)CN1CCCC1C(=O)Nc1cc(Cl)cc(Cl)c1)CC2. The number of carbonyl (C=O) groups is 2. The molecule has 33 heavy (non-hydrogen) atoms. The number of fused-ring (bicyclic) bond motifs is 1. The fourth-order valence-electron chi connectivity index (χ4n) is 4.53. The number of carbonyl (C=O) groups excluding carboxylic acids is 2. The van der Waals surface area contributed by atoms with Crippen LogP contribution in [0.1, 0.15) is 24.0 Å². The van der Waals surface area contributed by atoms with E-state index in [9.17, 15) is 9.59 Å². The van der Waals surface area contributed by atoms with E-state index >= 15 is 0 Å². The van der Waals surface area contributed by atoms with E-state index in [0.29, 0.717) is 53.3 Å². The molecule has 176 valence electrons. The van der Waals surface area contributed by atoms with Gasteiger partial charge in [0.15, 0.2) is 11.5 Å². The van der Waals surface area contributed by atoms with Crippen LogP contribution in [0.3, 0.4) is 0 Å². The molecule has 2 aromatic carbocycles. The summed E-state index contributed by atoms with van der Waals surface area (Å²) < 4.78 is 10.8. The molecule has 2 aliphatic heterocycles. The van der Waals surface area contributed by atoms with Crippen LogP contribution in [-0.2, 0) is 22.6 Å². The average molecular weight is 492 g/mol. The fraction of sp³-hybridized carbons (Fsp3) is 0.417. The van der Waals surface area contributed by atoms with Gasteiger partial charge in [-0.3, -0.25) is 14.5 Å². The number of ether oxygens (including phenoxy) is 2. The molecule has 0 saturated carbocycles. The number of hydrogen-bond acceptors (Lipinski definition) is 5. The van der Waals surface area contributed by atoms with Gasteiger partial charge in [-0.25, -0.2) is 0 Å². The first kappa shape index (κ1) is 23.7. The molecule has 2 aliphatic rings. The summed E-state index contributed by atoms with van der Waals surface area (Å²) in [4.78, 5) is 29.8. The Morgan fingerprint density at radius 2 is 1.67 bits per heavy atom. The molecule has 2 aromatic rings. The lowest BCUT2D eigenvalue weighted by Crippen LogP contribution is -2.47. The highest BCUT2D eigenvalue weighted by atomic mass is 35.5. The fourth-order valence-corrected chi connectivity index (χ4v) is 5.06. The lowest BCUT2D eigenvalue weighted by atomic mass is 9.98. The molecule has 9 heteroatoms. The minimum Gasteiger partial charge on any atom is -0.493 e. The Morgan fingerprint density at radius 3 is 2.33 bits per heavy atom. The van der Waals surface area contributed by atoms with E-state index in [0.717, 1.165) is 24.0 Å². The Morgan fingerprint density at radius 1 is 1.00 bits per heavy atom. The van der Waals surface area contributed by atoms with Crippen molar-refractivity contribution in [3.63, 3.8) is 0 Å². The van der Waals surface area contributed by atoms with Crippen LogP contribution in [0, 0.1) is 0 Å². The van der Waals surface area contributed by atoms with Crippen molar-refractivity contribution in [3.05, 3.63) is 51.5 Å². The largest absolute Gasteiger partial charge is 0.493 e. The summed E-state index contributed by atoms with van der Waals surface area (Å²) in [6.45, 7) is 2.06. The zero-order valence-corrected chi connectivity index (χ0v) is 20.2. The third kappa shape index (κ3) is 5.37. The molecule has 0 aromatic heterocycles. The first-order valence-corrected chi connectivity index (χ1v) is 11.7. The number of benzene rings is 2. The third-order valence-electron chi connectivity index (χ3n) is 6.21. The molecule has 0 aliphatic carbocycles. The van der Waals surface area contributed by atoms with Gasteiger partial charge in [-0.2, -0.15) is 0 Å². The summed E-state index contributed by atoms with van der Waals surface area (Å²) in [6.07, 6.45) is 2.32. The smallest absolute Gasteiger partial charge is 0.241 e. The van der Waals surface area contributed by atoms with Crippen LogP contribution in [0.5, 0.6) is 11.5 Å². The number of nitrogens with zero attached hydrogens (tertiary/aromatic N) is 2. The van der Waals surface area contributed by atoms with Crippen LogP contribution in [0.15, 0.2) is 30.3 Å². The van der Waals surface area contributed by atoms with Crippen LogP contribution in [0.2, 0.25) is 10.0 Å². The van der Waals surface area contributed by atoms with Gasteiger partial charge in [-0.1, -0.05) is 23.2 Å². The maximum Gasteiger partial charge on any atom is 0.241 e. The van der Waals surface area contributed by atoms with E-state index in [-0.39, 0.29) is 24.4 Å². The van der Waals surface area contributed by atoms with Crippen molar-refractivity contribution in [2.75, 3.05) is 39.2 Å². The van der Waals surface area contributed by atoms with Gasteiger partial charge < -0.3 is 19.7 Å². The molecule has 1 N–H and O–H groups in total. The minimum absolute atomic E-state index is 0.0148. The quantitative estimate of drug-likeness (QED) is 0.661. The maximum absolute atomic E-state index is 13.1. The normalized spacial score (nSPS) is 18.1. The van der Waals surface area contributed by atoms with Crippen molar-refractivity contribution in [2.45, 2.75) is 31.8 Å². The van der Waals surface area contributed by atoms with Gasteiger partial charge in [-0.15, -0.1) is 0 Å². The van der Waals surface area contributed by atoms with Crippen molar-refractivity contribution in [1.82, 2.24) is 9.80 Å². The van der Waals surface area contributed by atoms with Crippen molar-refractivity contribution in [2.24, 2.45) is 0 Å². The van der Waals surface area contributed by atoms with Crippen LogP contribution >= 0.6 is 23.2 Å². The summed E-state index contributed by atoms with van der Waals surface area (Å²) >= 11 is 12.1. The van der Waals surface area contributed by atoms with Gasteiger partial charge in [-0.05, 0) is 67.3 Å². The molecule has 0 bridgehead atoms. The molecule has 4 rings (SSSR count). The summed E-state index contributed by atoms with van der Waals surface area (Å²) in [6, 6.07) is 8.48. The standard InChI is InChI=1S/C24H27Cl2N3O4/c1-32-21-8-15-5-7-29(13-16(15)9-22(21)33-2)23(30)14-28-6-3-4-20(28)24(31)27-19-11-17(25)10-18(26)12-19/h8-12,20H,3-7,13-14H2,1-2H3,(H,27,31). The van der Waals surface area contributed by atoms with Crippen LogP contribution in [0.25, 0.3) is 0 Å². The molecule has 1 saturated heterocycles. The molecule has 1 unspecified atom stereocenters. The predicted molar refractivity (Wildman–Crippen MR) is 128 cm³/mol. The second kappa shape index (κ2) is 10.2. The van der Waals surface area contributed by atoms with E-state index in [2.05, 4.69) is 5.32 Å². The van der Waals surface area contributed by atoms with Gasteiger partial charge in [0, 0.05) is 28.8 Å². The number of hydrogen-bond donors (Lipinski definition) is 1. The number of likely N-dealkylation sites (tertiary alicyclic amines) is 1. The molecular weight excluding hydrogens is 465 g/mol. The first-order valence-electron chi connectivity index (χ1n) is 10.9. The highest BCUT2D eigenvalue weighted by Gasteiger charge is 2.33. The zero-order chi connectivity index (χ0) is 23.5. The molecule has 2 heterocycles. The molecule has 0 radical (unpaired) electrons. The Kier molecular flexibility index (Phi) is 7.32. The number of anilines is 1. The lowest BCUT2D eigenvalue weighted by Gasteiger charge is -2.32. The number of halogens is 2. The summed E-state index contributed by atoms with van der Waals surface area (Å²) in [5.41, 5.74) is 2.77. The van der Waals surface area contributed by atoms with E-state index in [4.69, 9.17) is 32.7 Å². The van der Waals surface area contributed by atoms with E-state index in [1.165, 1.54) is 0 Å². The number of methoxy groups -OCH3 is 2. The first-order chi connectivity index (χ1) is 15.9. The molecule has 7 nitrogen and oxygen atoms in total. The molecule has 1 atom stereocenters. The van der Waals surface area contributed by atoms with Crippen LogP contribution < -0.4 is 14.8 Å². The van der Waals surface area contributed by atoms with E-state index < -0.39 is 0 Å². The number of nitrogens with one attached hydrogen (secondary N) is 1.